The normalized spacial score (nSPS) is 53.8. The van der Waals surface area contributed by atoms with Crippen LogP contribution in [0.5, 0.6) is 0 Å². The fourth-order valence-electron chi connectivity index (χ4n) is 2.55. The Morgan fingerprint density at radius 3 is 2.64 bits per heavy atom. The van der Waals surface area contributed by atoms with Crippen LogP contribution in [0, 0.1) is 17.3 Å². The molecule has 3 nitrogen and oxygen atoms in total. The van der Waals surface area contributed by atoms with Crippen molar-refractivity contribution in [1.29, 1.82) is 0 Å². The lowest BCUT2D eigenvalue weighted by Crippen LogP contribution is -2.39. The van der Waals surface area contributed by atoms with E-state index in [1.807, 2.05) is 0 Å². The van der Waals surface area contributed by atoms with Crippen LogP contribution in [0.3, 0.4) is 0 Å². The Kier molecular flexibility index (Phi) is 1.15. The number of carboxylic acids is 1. The summed E-state index contributed by atoms with van der Waals surface area (Å²) >= 11 is 0. The standard InChI is InChI=1S/C8H13NO2/c1-4-5-3-9-6(7(10)11)8(4,5)2/h4-6,9H,3H2,1-2H3,(H,10,11). The molecule has 0 spiro atoms. The Morgan fingerprint density at radius 1 is 1.73 bits per heavy atom. The first-order valence-corrected chi connectivity index (χ1v) is 4.04. The number of piperidine rings is 1. The van der Waals surface area contributed by atoms with E-state index in [1.54, 1.807) is 0 Å². The van der Waals surface area contributed by atoms with Crippen LogP contribution in [0.25, 0.3) is 0 Å². The summed E-state index contributed by atoms with van der Waals surface area (Å²) in [6.07, 6.45) is 0. The van der Waals surface area contributed by atoms with Gasteiger partial charge in [-0.2, -0.15) is 0 Å². The Hall–Kier alpha value is -0.570. The molecule has 0 radical (unpaired) electrons. The lowest BCUT2D eigenvalue weighted by Gasteiger charge is -2.16. The number of hydrogen-bond donors (Lipinski definition) is 2. The van der Waals surface area contributed by atoms with Crippen molar-refractivity contribution < 1.29 is 9.90 Å². The summed E-state index contributed by atoms with van der Waals surface area (Å²) in [5.41, 5.74) is 0.0475. The first-order valence-electron chi connectivity index (χ1n) is 4.04. The molecule has 11 heavy (non-hydrogen) atoms. The zero-order valence-electron chi connectivity index (χ0n) is 6.79. The first-order chi connectivity index (χ1) is 5.08. The Labute approximate surface area is 65.8 Å². The largest absolute Gasteiger partial charge is 0.480 e. The van der Waals surface area contributed by atoms with Gasteiger partial charge in [0.15, 0.2) is 0 Å². The molecule has 1 aliphatic heterocycles. The van der Waals surface area contributed by atoms with Gasteiger partial charge >= 0.3 is 5.97 Å². The molecule has 1 saturated heterocycles. The van der Waals surface area contributed by atoms with Gasteiger partial charge in [-0.05, 0) is 18.4 Å². The van der Waals surface area contributed by atoms with Gasteiger partial charge in [-0.1, -0.05) is 13.8 Å². The van der Waals surface area contributed by atoms with Crippen molar-refractivity contribution in [3.63, 3.8) is 0 Å². The topological polar surface area (TPSA) is 49.3 Å². The second-order valence-electron chi connectivity index (χ2n) is 3.94. The van der Waals surface area contributed by atoms with Crippen molar-refractivity contribution in [1.82, 2.24) is 5.32 Å². The molecule has 2 fully saturated rings. The van der Waals surface area contributed by atoms with E-state index in [0.717, 1.165) is 6.54 Å². The predicted octanol–water partition coefficient (Wildman–Crippen LogP) is 0.315. The van der Waals surface area contributed by atoms with E-state index in [2.05, 4.69) is 19.2 Å². The number of fused-ring (bicyclic) bond motifs is 1. The van der Waals surface area contributed by atoms with Crippen LogP contribution in [0.15, 0.2) is 0 Å². The van der Waals surface area contributed by atoms with Gasteiger partial charge in [0.05, 0.1) is 0 Å². The number of hydrogen-bond acceptors (Lipinski definition) is 2. The summed E-state index contributed by atoms with van der Waals surface area (Å²) in [6, 6.07) is -0.303. The SMILES string of the molecule is CC1C2CNC(C(=O)O)C12C. The molecular formula is C8H13NO2. The van der Waals surface area contributed by atoms with Crippen LogP contribution in [0.1, 0.15) is 13.8 Å². The van der Waals surface area contributed by atoms with Crippen molar-refractivity contribution in [2.45, 2.75) is 19.9 Å². The highest BCUT2D eigenvalue weighted by atomic mass is 16.4. The highest BCUT2D eigenvalue weighted by Crippen LogP contribution is 2.63. The van der Waals surface area contributed by atoms with Crippen LogP contribution in [0.4, 0.5) is 0 Å². The average molecular weight is 155 g/mol. The number of carbonyl (C=O) groups is 1. The summed E-state index contributed by atoms with van der Waals surface area (Å²) in [6.45, 7) is 5.09. The molecule has 4 unspecified atom stereocenters. The van der Waals surface area contributed by atoms with Gasteiger partial charge in [0, 0.05) is 5.41 Å². The van der Waals surface area contributed by atoms with Crippen LogP contribution < -0.4 is 5.32 Å². The Balaban J connectivity index is 2.21. The van der Waals surface area contributed by atoms with Crippen LogP contribution in [-0.4, -0.2) is 23.7 Å². The quantitative estimate of drug-likeness (QED) is 0.573. The number of aliphatic carboxylic acids is 1. The van der Waals surface area contributed by atoms with E-state index in [-0.39, 0.29) is 11.5 Å². The van der Waals surface area contributed by atoms with Gasteiger partial charge in [0.1, 0.15) is 6.04 Å². The zero-order valence-corrected chi connectivity index (χ0v) is 6.79. The minimum atomic E-state index is -0.695. The summed E-state index contributed by atoms with van der Waals surface area (Å²) in [5.74, 6) is 0.493. The molecule has 2 N–H and O–H groups in total. The predicted molar refractivity (Wildman–Crippen MR) is 40.2 cm³/mol. The van der Waals surface area contributed by atoms with Gasteiger partial charge in [-0.3, -0.25) is 4.79 Å². The smallest absolute Gasteiger partial charge is 0.321 e. The second kappa shape index (κ2) is 1.78. The van der Waals surface area contributed by atoms with Crippen molar-refractivity contribution >= 4 is 5.97 Å². The van der Waals surface area contributed by atoms with E-state index in [9.17, 15) is 4.79 Å². The molecule has 0 aromatic rings. The van der Waals surface area contributed by atoms with Gasteiger partial charge in [0.25, 0.3) is 0 Å². The molecule has 1 saturated carbocycles. The molecule has 3 heteroatoms. The van der Waals surface area contributed by atoms with Crippen LogP contribution in [0.2, 0.25) is 0 Å². The molecule has 0 amide bonds. The third-order valence-electron chi connectivity index (χ3n) is 3.69. The maximum Gasteiger partial charge on any atom is 0.321 e. The maximum atomic E-state index is 10.7. The molecule has 4 atom stereocenters. The highest BCUT2D eigenvalue weighted by Gasteiger charge is 2.67. The summed E-state index contributed by atoms with van der Waals surface area (Å²) in [4.78, 5) is 10.7. The van der Waals surface area contributed by atoms with Gasteiger partial charge in [-0.15, -0.1) is 0 Å². The van der Waals surface area contributed by atoms with Crippen molar-refractivity contribution in [3.8, 4) is 0 Å². The van der Waals surface area contributed by atoms with Gasteiger partial charge in [-0.25, -0.2) is 0 Å². The molecule has 0 aromatic heterocycles. The molecule has 1 heterocycles. The average Bonchev–Trinajstić information content (AvgIpc) is 2.37. The maximum absolute atomic E-state index is 10.7. The third kappa shape index (κ3) is 0.644. The highest BCUT2D eigenvalue weighted by molar-refractivity contribution is 5.76. The van der Waals surface area contributed by atoms with Crippen molar-refractivity contribution in [2.75, 3.05) is 6.54 Å². The number of carboxylic acid groups (broad SMARTS) is 1. The first kappa shape index (κ1) is 7.10. The van der Waals surface area contributed by atoms with E-state index in [1.165, 1.54) is 0 Å². The van der Waals surface area contributed by atoms with E-state index >= 15 is 0 Å². The zero-order chi connectivity index (χ0) is 8.22. The molecule has 2 rings (SSSR count). The van der Waals surface area contributed by atoms with E-state index < -0.39 is 5.97 Å². The number of nitrogens with one attached hydrogen (secondary N) is 1. The summed E-state index contributed by atoms with van der Waals surface area (Å²) in [5, 5.41) is 11.9. The van der Waals surface area contributed by atoms with Gasteiger partial charge in [0.2, 0.25) is 0 Å². The Bertz CT molecular complexity index is 216. The van der Waals surface area contributed by atoms with E-state index in [0.29, 0.717) is 11.8 Å². The fourth-order valence-corrected chi connectivity index (χ4v) is 2.55. The lowest BCUT2D eigenvalue weighted by molar-refractivity contribution is -0.140. The third-order valence-corrected chi connectivity index (χ3v) is 3.69. The minimum Gasteiger partial charge on any atom is -0.480 e. The monoisotopic (exact) mass is 155 g/mol. The molecule has 0 bridgehead atoms. The van der Waals surface area contributed by atoms with Crippen LogP contribution >= 0.6 is 0 Å². The molecular weight excluding hydrogens is 142 g/mol. The van der Waals surface area contributed by atoms with Gasteiger partial charge < -0.3 is 10.4 Å². The van der Waals surface area contributed by atoms with Crippen LogP contribution in [-0.2, 0) is 4.79 Å². The summed E-state index contributed by atoms with van der Waals surface area (Å²) in [7, 11) is 0. The minimum absolute atomic E-state index is 0.0475. The lowest BCUT2D eigenvalue weighted by atomic mass is 9.97. The number of rotatable bonds is 1. The molecule has 1 aliphatic carbocycles. The molecule has 2 aliphatic rings. The summed E-state index contributed by atoms with van der Waals surface area (Å²) < 4.78 is 0. The fraction of sp³-hybridized carbons (Fsp3) is 0.875. The van der Waals surface area contributed by atoms with Crippen molar-refractivity contribution in [3.05, 3.63) is 0 Å². The second-order valence-corrected chi connectivity index (χ2v) is 3.94. The Morgan fingerprint density at radius 2 is 2.36 bits per heavy atom. The van der Waals surface area contributed by atoms with Crippen molar-refractivity contribution in [2.24, 2.45) is 17.3 Å². The molecule has 62 valence electrons. The molecule has 0 aromatic carbocycles. The van der Waals surface area contributed by atoms with E-state index in [4.69, 9.17) is 5.11 Å².